The number of thiophene rings is 4. The molecule has 0 N–H and O–H groups in total. The number of unbranched alkanes of at least 4 members (excludes halogenated alkanes) is 2. The van der Waals surface area contributed by atoms with Crippen molar-refractivity contribution in [2.24, 2.45) is 11.8 Å². The number of aryl methyl sites for hydroxylation is 4. The Bertz CT molecular complexity index is 4490. The topological polar surface area (TPSA) is 165 Å². The molecule has 2 atom stereocenters. The molecular weight excluding hydrogens is 1150 g/mol. The number of rotatable bonds is 16. The van der Waals surface area contributed by atoms with Crippen molar-refractivity contribution < 1.29 is 27.2 Å². The Hall–Kier alpha value is -7.62. The first-order valence-electron chi connectivity index (χ1n) is 27.8. The van der Waals surface area contributed by atoms with Crippen molar-refractivity contribution in [2.45, 2.75) is 119 Å². The zero-order chi connectivity index (χ0) is 58.4. The van der Waals surface area contributed by atoms with Gasteiger partial charge in [0, 0.05) is 67.0 Å². The van der Waals surface area contributed by atoms with E-state index >= 15 is 0 Å². The van der Waals surface area contributed by atoms with Crippen LogP contribution in [0.4, 0.5) is 17.6 Å². The lowest BCUT2D eigenvalue weighted by Gasteiger charge is -2.18. The summed E-state index contributed by atoms with van der Waals surface area (Å²) in [4.78, 5) is 29.9. The molecule has 3 aromatic carbocycles. The molecule has 416 valence electrons. The van der Waals surface area contributed by atoms with E-state index in [1.807, 2.05) is 38.1 Å². The Morgan fingerprint density at radius 3 is 1.25 bits per heavy atom. The number of hydrogen-bond acceptors (Lipinski definition) is 13. The smallest absolute Gasteiger partial charge is 0.194 e. The van der Waals surface area contributed by atoms with Gasteiger partial charge in [-0.1, -0.05) is 79.1 Å². The summed E-state index contributed by atoms with van der Waals surface area (Å²) in [7, 11) is 0. The molecule has 2 unspecified atom stereocenters. The van der Waals surface area contributed by atoms with Gasteiger partial charge in [-0.05, 0) is 97.2 Å². The van der Waals surface area contributed by atoms with Gasteiger partial charge < -0.3 is 9.13 Å². The molecule has 0 amide bonds. The van der Waals surface area contributed by atoms with Gasteiger partial charge in [-0.15, -0.1) is 45.3 Å². The monoisotopic (exact) mass is 1200 g/mol. The lowest BCUT2D eigenvalue weighted by atomic mass is 9.96. The normalized spacial score (nSPS) is 15.1. The van der Waals surface area contributed by atoms with Crippen LogP contribution in [0.1, 0.15) is 145 Å². The molecule has 2 aliphatic carbocycles. The Morgan fingerprint density at radius 1 is 0.530 bits per heavy atom. The predicted octanol–water partition coefficient (Wildman–Crippen LogP) is 19.0. The molecule has 10 nitrogen and oxygen atoms in total. The van der Waals surface area contributed by atoms with Gasteiger partial charge >= 0.3 is 0 Å². The van der Waals surface area contributed by atoms with Crippen LogP contribution in [0.15, 0.2) is 46.6 Å². The number of fused-ring (bicyclic) bond motifs is 16. The summed E-state index contributed by atoms with van der Waals surface area (Å²) in [5.41, 5.74) is 6.46. The second kappa shape index (κ2) is 21.9. The molecular formula is C64H50F4N8O2S5. The maximum absolute atomic E-state index is 14.8. The van der Waals surface area contributed by atoms with Gasteiger partial charge in [0.15, 0.2) is 34.8 Å². The molecule has 7 aromatic heterocycles. The third kappa shape index (κ3) is 8.64. The van der Waals surface area contributed by atoms with Gasteiger partial charge in [0.25, 0.3) is 0 Å². The molecule has 0 radical (unpaired) electrons. The SMILES string of the molecule is CCCCC(CC)CCn1c2c3sc(/C=C4\C(=O)c5cc(F)c(F)cc5C4=C(C#N)C#N)c(C)c3sc2c2c3nsnc3c3c4sc5c(C)c(/C=C6\C(=O)c7cc(F)c(F)cc7C6=C(C#N)C#N)sc5c4n(CCC(CC)CCCC)c3c21. The molecule has 2 aliphatic rings. The standard InChI is InChI=1S/C64H50F4N8O2S5/c1-7-11-13-31(9-3)15-17-75-53-49(61-55(75)63-59(81-61)29(5)45(79-63)23-39-47(33(25-69)26-70)35-19-41(65)43(67)21-37(35)57(39)77)51-52(74-83-73-51)50-54(53)76(18-16-32(10-4)14-12-8-2)56-62(50)82-60-30(6)46(80-64(56)60)24-40-48(34(27-71)28-72)36-20-42(66)44(68)22-38(36)58(40)78/h19-24,31-32H,7-18H2,1-6H3/b39-23-,40-24-. The summed E-state index contributed by atoms with van der Waals surface area (Å²) in [6, 6.07) is 11.0. The molecule has 0 spiro atoms. The lowest BCUT2D eigenvalue weighted by molar-refractivity contribution is 0.103. The fraction of sp³-hybridized carbons (Fsp3) is 0.312. The van der Waals surface area contributed by atoms with Crippen molar-refractivity contribution in [3.8, 4) is 24.3 Å². The number of carbonyl (C=O) groups is 2. The van der Waals surface area contributed by atoms with Crippen LogP contribution >= 0.6 is 57.1 Å². The quantitative estimate of drug-likeness (QED) is 0.0524. The van der Waals surface area contributed by atoms with E-state index in [9.17, 15) is 48.2 Å². The average Bonchev–Trinajstić information content (AvgIpc) is 1.61. The number of allylic oxidation sites excluding steroid dienone is 6. The van der Waals surface area contributed by atoms with Crippen LogP contribution in [0.5, 0.6) is 0 Å². The summed E-state index contributed by atoms with van der Waals surface area (Å²) < 4.78 is 80.5. The number of Topliss-reactive ketones (excluding diaryl/α,β-unsaturated/α-hetero) is 2. The van der Waals surface area contributed by atoms with Gasteiger partial charge in [-0.25, -0.2) is 17.6 Å². The van der Waals surface area contributed by atoms with E-state index in [1.165, 1.54) is 34.4 Å². The number of carbonyl (C=O) groups excluding carboxylic acids is 2. The summed E-state index contributed by atoms with van der Waals surface area (Å²) in [5, 5.41) is 42.5. The highest BCUT2D eigenvalue weighted by Gasteiger charge is 2.38. The van der Waals surface area contributed by atoms with Crippen LogP contribution in [0.3, 0.4) is 0 Å². The number of benzene rings is 3. The van der Waals surface area contributed by atoms with Gasteiger partial charge in [-0.2, -0.15) is 29.8 Å². The van der Waals surface area contributed by atoms with Crippen molar-refractivity contribution >= 4 is 164 Å². The zero-order valence-electron chi connectivity index (χ0n) is 46.1. The molecule has 0 fully saturated rings. The van der Waals surface area contributed by atoms with Crippen LogP contribution in [0.2, 0.25) is 0 Å². The summed E-state index contributed by atoms with van der Waals surface area (Å²) in [6.07, 6.45) is 13.7. The maximum atomic E-state index is 14.8. The van der Waals surface area contributed by atoms with E-state index < -0.39 is 34.8 Å². The fourth-order valence-corrected chi connectivity index (χ4v) is 18.8. The highest BCUT2D eigenvalue weighted by Crippen LogP contribution is 2.55. The minimum Gasteiger partial charge on any atom is -0.337 e. The first kappa shape index (κ1) is 55.9. The van der Waals surface area contributed by atoms with E-state index in [0.717, 1.165) is 172 Å². The number of nitrogens with zero attached hydrogens (tertiary/aromatic N) is 8. The molecule has 12 rings (SSSR count). The van der Waals surface area contributed by atoms with E-state index in [2.05, 4.69) is 36.8 Å². The van der Waals surface area contributed by atoms with Gasteiger partial charge in [0.2, 0.25) is 0 Å². The number of ketones is 2. The average molecular weight is 1200 g/mol. The van der Waals surface area contributed by atoms with Gasteiger partial charge in [0.05, 0.1) is 62.0 Å². The van der Waals surface area contributed by atoms with Crippen LogP contribution in [-0.4, -0.2) is 29.4 Å². The van der Waals surface area contributed by atoms with Crippen LogP contribution in [-0.2, 0) is 13.1 Å². The Labute approximate surface area is 494 Å². The van der Waals surface area contributed by atoms with Crippen molar-refractivity contribution in [2.75, 3.05) is 0 Å². The van der Waals surface area contributed by atoms with Crippen LogP contribution in [0, 0.1) is 94.3 Å². The first-order valence-corrected chi connectivity index (χ1v) is 31.8. The minimum absolute atomic E-state index is 0.00129. The largest absolute Gasteiger partial charge is 0.337 e. The highest BCUT2D eigenvalue weighted by atomic mass is 32.1. The molecule has 0 aliphatic heterocycles. The van der Waals surface area contributed by atoms with Gasteiger partial charge in [0.1, 0.15) is 46.5 Å². The fourth-order valence-electron chi connectivity index (χ4n) is 12.6. The second-order valence-electron chi connectivity index (χ2n) is 21.5. The molecule has 0 bridgehead atoms. The molecule has 19 heteroatoms. The first-order chi connectivity index (χ1) is 40.2. The maximum Gasteiger partial charge on any atom is 0.194 e. The van der Waals surface area contributed by atoms with E-state index in [1.54, 1.807) is 34.8 Å². The van der Waals surface area contributed by atoms with E-state index in [0.29, 0.717) is 34.7 Å². The van der Waals surface area contributed by atoms with Crippen molar-refractivity contribution in [1.82, 2.24) is 17.9 Å². The van der Waals surface area contributed by atoms with Gasteiger partial charge in [-0.3, -0.25) is 9.59 Å². The highest BCUT2D eigenvalue weighted by molar-refractivity contribution is 7.34. The Balaban J connectivity index is 1.15. The summed E-state index contributed by atoms with van der Waals surface area (Å²) >= 11 is 7.47. The molecule has 10 aromatic rings. The number of nitriles is 4. The molecule has 83 heavy (non-hydrogen) atoms. The van der Waals surface area contributed by atoms with Crippen molar-refractivity contribution in [3.05, 3.63) is 113 Å². The van der Waals surface area contributed by atoms with Crippen molar-refractivity contribution in [3.63, 3.8) is 0 Å². The Morgan fingerprint density at radius 2 is 0.904 bits per heavy atom. The number of hydrogen-bond donors (Lipinski definition) is 0. The van der Waals surface area contributed by atoms with E-state index in [4.69, 9.17) is 8.75 Å². The lowest BCUT2D eigenvalue weighted by Crippen LogP contribution is -2.08. The Kier molecular flexibility index (Phi) is 14.7. The number of halogens is 4. The number of aromatic nitrogens is 4. The predicted molar refractivity (Wildman–Crippen MR) is 329 cm³/mol. The second-order valence-corrected chi connectivity index (χ2v) is 26.2. The molecule has 0 saturated heterocycles. The molecule has 0 saturated carbocycles. The third-order valence-corrected chi connectivity index (χ3v) is 22.9. The summed E-state index contributed by atoms with van der Waals surface area (Å²) in [6.45, 7) is 14.3. The minimum atomic E-state index is -1.21. The van der Waals surface area contributed by atoms with Crippen molar-refractivity contribution in [1.29, 1.82) is 21.0 Å². The van der Waals surface area contributed by atoms with Crippen LogP contribution in [0.25, 0.3) is 95.4 Å². The molecule has 7 heterocycles. The van der Waals surface area contributed by atoms with E-state index in [-0.39, 0.29) is 55.7 Å². The third-order valence-electron chi connectivity index (χ3n) is 17.0. The van der Waals surface area contributed by atoms with Crippen LogP contribution < -0.4 is 0 Å². The zero-order valence-corrected chi connectivity index (χ0v) is 50.1. The summed E-state index contributed by atoms with van der Waals surface area (Å²) in [5.74, 6) is -5.13.